The van der Waals surface area contributed by atoms with Gasteiger partial charge in [-0.2, -0.15) is 4.98 Å². The van der Waals surface area contributed by atoms with Gasteiger partial charge in [0.1, 0.15) is 0 Å². The average Bonchev–Trinajstić information content (AvgIpc) is 3.18. The maximum Gasteiger partial charge on any atom is 0.257 e. The lowest BCUT2D eigenvalue weighted by Gasteiger charge is -2.12. The van der Waals surface area contributed by atoms with Crippen LogP contribution in [-0.2, 0) is 15.4 Å². The van der Waals surface area contributed by atoms with Crippen molar-refractivity contribution in [1.29, 1.82) is 0 Å². The summed E-state index contributed by atoms with van der Waals surface area (Å²) >= 11 is 6.15. The molecule has 2 N–H and O–H groups in total. The predicted molar refractivity (Wildman–Crippen MR) is 123 cm³/mol. The van der Waals surface area contributed by atoms with Gasteiger partial charge in [-0.3, -0.25) is 4.79 Å². The molecular formula is C22H25ClN4O4S. The van der Waals surface area contributed by atoms with Crippen LogP contribution in [0.4, 0.5) is 5.69 Å². The van der Waals surface area contributed by atoms with Gasteiger partial charge < -0.3 is 9.84 Å². The molecule has 1 heterocycles. The van der Waals surface area contributed by atoms with E-state index >= 15 is 0 Å². The summed E-state index contributed by atoms with van der Waals surface area (Å²) in [6, 6.07) is 10.6. The summed E-state index contributed by atoms with van der Waals surface area (Å²) in [6.45, 7) is 9.36. The maximum atomic E-state index is 12.8. The van der Waals surface area contributed by atoms with Gasteiger partial charge in [0.15, 0.2) is 0 Å². The first-order valence-electron chi connectivity index (χ1n) is 9.94. The Morgan fingerprint density at radius 1 is 1.09 bits per heavy atom. The summed E-state index contributed by atoms with van der Waals surface area (Å²) in [5.74, 6) is 0.451. The van der Waals surface area contributed by atoms with E-state index in [9.17, 15) is 13.2 Å². The number of carbonyl (C=O) groups is 1. The van der Waals surface area contributed by atoms with Gasteiger partial charge in [0.25, 0.3) is 5.91 Å². The van der Waals surface area contributed by atoms with Crippen molar-refractivity contribution in [3.05, 3.63) is 58.9 Å². The second-order valence-electron chi connectivity index (χ2n) is 8.62. The fourth-order valence-corrected chi connectivity index (χ4v) is 4.25. The Hall–Kier alpha value is -2.75. The van der Waals surface area contributed by atoms with E-state index in [0.717, 1.165) is 5.56 Å². The Kier molecular flexibility index (Phi) is 6.73. The minimum atomic E-state index is -3.76. The lowest BCUT2D eigenvalue weighted by atomic mass is 9.97. The summed E-state index contributed by atoms with van der Waals surface area (Å²) in [5.41, 5.74) is 1.02. The summed E-state index contributed by atoms with van der Waals surface area (Å²) in [7, 11) is -3.76. The van der Waals surface area contributed by atoms with Crippen LogP contribution in [0.25, 0.3) is 11.4 Å². The molecule has 0 aliphatic heterocycles. The molecule has 0 fully saturated rings. The standard InChI is InChI=1S/C22H25ClN4O4S/c1-13(2)27-32(29,30)16-10-11-18(23)17(12-16)20(28)24-15-8-6-14(7-9-15)19-25-21(31-26-19)22(3,4)5/h6-13,27H,1-5H3,(H,24,28). The molecule has 0 unspecified atom stereocenters. The molecule has 0 spiro atoms. The minimum Gasteiger partial charge on any atom is -0.338 e. The molecule has 0 saturated heterocycles. The van der Waals surface area contributed by atoms with Gasteiger partial charge in [-0.05, 0) is 56.3 Å². The molecule has 1 aromatic heterocycles. The normalized spacial score (nSPS) is 12.2. The number of hydrogen-bond acceptors (Lipinski definition) is 6. The Bertz CT molecular complexity index is 1230. The lowest BCUT2D eigenvalue weighted by Crippen LogP contribution is -2.30. The molecule has 1 amide bonds. The molecule has 2 aromatic carbocycles. The Labute approximate surface area is 192 Å². The van der Waals surface area contributed by atoms with Gasteiger partial charge >= 0.3 is 0 Å². The first kappa shape index (κ1) is 23.9. The second kappa shape index (κ2) is 9.01. The molecular weight excluding hydrogens is 452 g/mol. The summed E-state index contributed by atoms with van der Waals surface area (Å²) in [6.07, 6.45) is 0. The predicted octanol–water partition coefficient (Wildman–Crippen LogP) is 4.63. The van der Waals surface area contributed by atoms with E-state index in [4.69, 9.17) is 16.1 Å². The highest BCUT2D eigenvalue weighted by Gasteiger charge is 2.22. The molecule has 0 aliphatic carbocycles. The van der Waals surface area contributed by atoms with Crippen molar-refractivity contribution < 1.29 is 17.7 Å². The topological polar surface area (TPSA) is 114 Å². The quantitative estimate of drug-likeness (QED) is 0.536. The number of sulfonamides is 1. The molecule has 10 heteroatoms. The molecule has 0 bridgehead atoms. The SMILES string of the molecule is CC(C)NS(=O)(=O)c1ccc(Cl)c(C(=O)Nc2ccc(-c3noc(C(C)(C)C)n3)cc2)c1. The van der Waals surface area contributed by atoms with Crippen LogP contribution >= 0.6 is 11.6 Å². The first-order valence-corrected chi connectivity index (χ1v) is 11.8. The van der Waals surface area contributed by atoms with Gasteiger partial charge in [0.2, 0.25) is 21.7 Å². The van der Waals surface area contributed by atoms with Crippen LogP contribution in [0.5, 0.6) is 0 Å². The Morgan fingerprint density at radius 3 is 2.31 bits per heavy atom. The van der Waals surface area contributed by atoms with Crippen molar-refractivity contribution in [3.63, 3.8) is 0 Å². The molecule has 0 saturated carbocycles. The molecule has 3 rings (SSSR count). The molecule has 170 valence electrons. The Balaban J connectivity index is 1.79. The van der Waals surface area contributed by atoms with E-state index < -0.39 is 15.9 Å². The van der Waals surface area contributed by atoms with Crippen LogP contribution in [0.3, 0.4) is 0 Å². The van der Waals surface area contributed by atoms with E-state index in [1.165, 1.54) is 18.2 Å². The van der Waals surface area contributed by atoms with Crippen LogP contribution in [-0.4, -0.2) is 30.5 Å². The number of carbonyl (C=O) groups excluding carboxylic acids is 1. The van der Waals surface area contributed by atoms with Crippen molar-refractivity contribution in [1.82, 2.24) is 14.9 Å². The fraction of sp³-hybridized carbons (Fsp3) is 0.318. The van der Waals surface area contributed by atoms with E-state index in [0.29, 0.717) is 17.4 Å². The zero-order chi connectivity index (χ0) is 23.7. The lowest BCUT2D eigenvalue weighted by molar-refractivity contribution is 0.102. The number of hydrogen-bond donors (Lipinski definition) is 2. The zero-order valence-corrected chi connectivity index (χ0v) is 20.0. The van der Waals surface area contributed by atoms with E-state index in [1.54, 1.807) is 38.1 Å². The summed E-state index contributed by atoms with van der Waals surface area (Å²) in [5, 5.41) is 6.87. The number of nitrogens with one attached hydrogen (secondary N) is 2. The number of aromatic nitrogens is 2. The Morgan fingerprint density at radius 2 is 1.75 bits per heavy atom. The summed E-state index contributed by atoms with van der Waals surface area (Å²) in [4.78, 5) is 17.1. The molecule has 0 radical (unpaired) electrons. The van der Waals surface area contributed by atoms with Crippen molar-refractivity contribution in [2.45, 2.75) is 51.0 Å². The summed E-state index contributed by atoms with van der Waals surface area (Å²) < 4.78 is 32.6. The number of anilines is 1. The van der Waals surface area contributed by atoms with Crippen LogP contribution in [0, 0.1) is 0 Å². The number of halogens is 1. The van der Waals surface area contributed by atoms with Crippen LogP contribution < -0.4 is 10.0 Å². The number of benzene rings is 2. The highest BCUT2D eigenvalue weighted by Crippen LogP contribution is 2.26. The average molecular weight is 477 g/mol. The third-order valence-corrected chi connectivity index (χ3v) is 6.34. The zero-order valence-electron chi connectivity index (χ0n) is 18.4. The smallest absolute Gasteiger partial charge is 0.257 e. The molecule has 32 heavy (non-hydrogen) atoms. The van der Waals surface area contributed by atoms with Gasteiger partial charge in [0.05, 0.1) is 15.5 Å². The largest absolute Gasteiger partial charge is 0.338 e. The molecule has 3 aromatic rings. The van der Waals surface area contributed by atoms with Gasteiger partial charge in [-0.25, -0.2) is 13.1 Å². The third kappa shape index (κ3) is 5.53. The molecule has 0 aliphatic rings. The number of nitrogens with zero attached hydrogens (tertiary/aromatic N) is 2. The second-order valence-corrected chi connectivity index (χ2v) is 10.7. The van der Waals surface area contributed by atoms with Crippen molar-refractivity contribution in [2.24, 2.45) is 0 Å². The van der Waals surface area contributed by atoms with Crippen molar-refractivity contribution >= 4 is 33.2 Å². The minimum absolute atomic E-state index is 0.0390. The molecule has 0 atom stereocenters. The van der Waals surface area contributed by atoms with Crippen LogP contribution in [0.15, 0.2) is 51.9 Å². The molecule has 8 nitrogen and oxygen atoms in total. The fourth-order valence-electron chi connectivity index (χ4n) is 2.77. The van der Waals surface area contributed by atoms with E-state index in [-0.39, 0.29) is 26.9 Å². The number of rotatable bonds is 6. The highest BCUT2D eigenvalue weighted by molar-refractivity contribution is 7.89. The van der Waals surface area contributed by atoms with E-state index in [1.807, 2.05) is 20.8 Å². The first-order chi connectivity index (χ1) is 14.9. The third-order valence-electron chi connectivity index (χ3n) is 4.35. The maximum absolute atomic E-state index is 12.8. The van der Waals surface area contributed by atoms with Crippen molar-refractivity contribution in [3.8, 4) is 11.4 Å². The van der Waals surface area contributed by atoms with Gasteiger partial charge in [0, 0.05) is 22.7 Å². The van der Waals surface area contributed by atoms with Crippen molar-refractivity contribution in [2.75, 3.05) is 5.32 Å². The highest BCUT2D eigenvalue weighted by atomic mass is 35.5. The van der Waals surface area contributed by atoms with E-state index in [2.05, 4.69) is 20.2 Å². The van der Waals surface area contributed by atoms with Crippen LogP contribution in [0.2, 0.25) is 5.02 Å². The van der Waals surface area contributed by atoms with Gasteiger partial charge in [-0.1, -0.05) is 37.5 Å². The monoisotopic (exact) mass is 476 g/mol. The van der Waals surface area contributed by atoms with Crippen LogP contribution in [0.1, 0.15) is 50.9 Å². The van der Waals surface area contributed by atoms with Gasteiger partial charge in [-0.15, -0.1) is 0 Å². The number of amides is 1.